The third-order valence-electron chi connectivity index (χ3n) is 2.14. The lowest BCUT2D eigenvalue weighted by Gasteiger charge is -2.22. The summed E-state index contributed by atoms with van der Waals surface area (Å²) in [6.07, 6.45) is -2.04. The third kappa shape index (κ3) is 2.95. The summed E-state index contributed by atoms with van der Waals surface area (Å²) in [6.45, 7) is -2.28. The van der Waals surface area contributed by atoms with E-state index in [9.17, 15) is 5.11 Å². The Balaban J connectivity index is 2.69. The molecule has 1 fully saturated rings. The van der Waals surface area contributed by atoms with E-state index in [1.165, 1.54) is 0 Å². The molecular weight excluding hydrogens is 229 g/mol. The zero-order valence-electron chi connectivity index (χ0n) is 7.57. The minimum atomic E-state index is -3.60. The Bertz CT molecular complexity index is 246. The molecular formula is C6H14NO5PS. The van der Waals surface area contributed by atoms with Crippen LogP contribution in [0.4, 0.5) is 0 Å². The van der Waals surface area contributed by atoms with Gasteiger partial charge in [0.2, 0.25) is 0 Å². The predicted octanol–water partition coefficient (Wildman–Crippen LogP) is -1.71. The average molecular weight is 243 g/mol. The van der Waals surface area contributed by atoms with Gasteiger partial charge in [-0.3, -0.25) is 0 Å². The third-order valence-corrected chi connectivity index (χ3v) is 3.09. The van der Waals surface area contributed by atoms with Crippen LogP contribution in [0.5, 0.6) is 0 Å². The van der Waals surface area contributed by atoms with Crippen LogP contribution in [0.15, 0.2) is 0 Å². The molecule has 0 aromatic heterocycles. The van der Waals surface area contributed by atoms with Crippen molar-refractivity contribution in [3.63, 3.8) is 0 Å². The second-order valence-electron chi connectivity index (χ2n) is 3.25. The van der Waals surface area contributed by atoms with Crippen LogP contribution in [-0.4, -0.2) is 51.0 Å². The van der Waals surface area contributed by atoms with Gasteiger partial charge >= 0.3 is 0 Å². The number of aliphatic hydroxyl groups is 2. The first-order valence-electron chi connectivity index (χ1n) is 4.13. The van der Waals surface area contributed by atoms with Crippen LogP contribution >= 0.6 is 6.64 Å². The number of aliphatic hydroxyl groups excluding tert-OH is 2. The average Bonchev–Trinajstić information content (AvgIpc) is 2.30. The normalized spacial score (nSPS) is 38.9. The summed E-state index contributed by atoms with van der Waals surface area (Å²) in [4.78, 5) is 18.0. The maximum Gasteiger partial charge on any atom is 0.256 e. The first kappa shape index (κ1) is 12.5. The first-order chi connectivity index (χ1) is 6.35. The zero-order chi connectivity index (χ0) is 10.9. The Labute approximate surface area is 86.7 Å². The molecule has 0 amide bonds. The lowest BCUT2D eigenvalue weighted by molar-refractivity contribution is -0.000479. The molecule has 0 radical (unpaired) electrons. The van der Waals surface area contributed by atoms with Crippen LogP contribution in [0, 0.1) is 0 Å². The van der Waals surface area contributed by atoms with Crippen LogP contribution in [0.1, 0.15) is 6.92 Å². The highest BCUT2D eigenvalue weighted by molar-refractivity contribution is 8.08. The Kier molecular flexibility index (Phi) is 4.02. The molecule has 6 nitrogen and oxygen atoms in total. The van der Waals surface area contributed by atoms with Crippen molar-refractivity contribution in [3.05, 3.63) is 0 Å². The molecule has 1 aliphatic heterocycles. The van der Waals surface area contributed by atoms with Crippen molar-refractivity contribution in [2.75, 3.05) is 6.61 Å². The summed E-state index contributed by atoms with van der Waals surface area (Å²) in [5, 5.41) is 20.8. The number of nitrogens with one attached hydrogen (secondary N) is 1. The Morgan fingerprint density at radius 2 is 2.07 bits per heavy atom. The van der Waals surface area contributed by atoms with Gasteiger partial charge in [0.1, 0.15) is 0 Å². The molecule has 4 atom stereocenters. The summed E-state index contributed by atoms with van der Waals surface area (Å²) >= 11 is 4.38. The van der Waals surface area contributed by atoms with E-state index in [0.29, 0.717) is 0 Å². The second kappa shape index (κ2) is 4.51. The van der Waals surface area contributed by atoms with Crippen molar-refractivity contribution in [1.29, 1.82) is 0 Å². The van der Waals surface area contributed by atoms with Gasteiger partial charge in [-0.05, 0) is 18.7 Å². The van der Waals surface area contributed by atoms with Gasteiger partial charge in [0, 0.05) is 0 Å². The van der Waals surface area contributed by atoms with E-state index in [1.54, 1.807) is 6.92 Å². The topological polar surface area (TPSA) is 102 Å². The molecule has 0 spiro atoms. The minimum absolute atomic E-state index is 0.311. The zero-order valence-corrected chi connectivity index (χ0v) is 9.28. The lowest BCUT2D eigenvalue weighted by Crippen LogP contribution is -2.44. The van der Waals surface area contributed by atoms with E-state index in [0.717, 1.165) is 0 Å². The van der Waals surface area contributed by atoms with Gasteiger partial charge in [-0.25, -0.2) is 5.09 Å². The highest BCUT2D eigenvalue weighted by Gasteiger charge is 2.42. The molecule has 14 heavy (non-hydrogen) atoms. The van der Waals surface area contributed by atoms with Crippen LogP contribution in [0.25, 0.3) is 0 Å². The smallest absolute Gasteiger partial charge is 0.256 e. The van der Waals surface area contributed by atoms with Gasteiger partial charge in [0.15, 0.2) is 0 Å². The maximum atomic E-state index is 9.57. The second-order valence-corrected chi connectivity index (χ2v) is 6.13. The van der Waals surface area contributed by atoms with Crippen LogP contribution in [-0.2, 0) is 16.5 Å². The summed E-state index contributed by atoms with van der Waals surface area (Å²) < 4.78 is 5.17. The monoisotopic (exact) mass is 243 g/mol. The molecule has 5 N–H and O–H groups in total. The fraction of sp³-hybridized carbons (Fsp3) is 1.00. The van der Waals surface area contributed by atoms with Crippen LogP contribution in [0.3, 0.4) is 0 Å². The minimum Gasteiger partial charge on any atom is -0.394 e. The Hall–Kier alpha value is 0.410. The Morgan fingerprint density at radius 3 is 2.50 bits per heavy atom. The van der Waals surface area contributed by atoms with E-state index in [2.05, 4.69) is 16.9 Å². The lowest BCUT2D eigenvalue weighted by atomic mass is 10.1. The summed E-state index contributed by atoms with van der Waals surface area (Å²) in [5.41, 5.74) is 0. The van der Waals surface area contributed by atoms with E-state index >= 15 is 0 Å². The summed E-state index contributed by atoms with van der Waals surface area (Å²) in [6, 6.07) is -0.740. The van der Waals surface area contributed by atoms with Gasteiger partial charge < -0.3 is 24.7 Å². The van der Waals surface area contributed by atoms with E-state index in [4.69, 9.17) is 19.6 Å². The van der Waals surface area contributed by atoms with Gasteiger partial charge in [-0.2, -0.15) is 0 Å². The predicted molar refractivity (Wildman–Crippen MR) is 53.1 cm³/mol. The molecule has 1 heterocycles. The van der Waals surface area contributed by atoms with Gasteiger partial charge in [0.05, 0.1) is 31.0 Å². The van der Waals surface area contributed by atoms with Crippen LogP contribution < -0.4 is 5.09 Å². The fourth-order valence-electron chi connectivity index (χ4n) is 1.46. The van der Waals surface area contributed by atoms with E-state index in [1.807, 2.05) is 0 Å². The van der Waals surface area contributed by atoms with Crippen molar-refractivity contribution in [2.45, 2.75) is 31.3 Å². The molecule has 0 aromatic carbocycles. The van der Waals surface area contributed by atoms with E-state index < -0.39 is 31.0 Å². The number of hydrogen-bond acceptors (Lipinski definition) is 4. The van der Waals surface area contributed by atoms with Crippen molar-refractivity contribution >= 4 is 18.4 Å². The maximum absolute atomic E-state index is 9.57. The molecule has 1 saturated heterocycles. The van der Waals surface area contributed by atoms with Crippen molar-refractivity contribution in [3.8, 4) is 0 Å². The molecule has 0 saturated carbocycles. The Morgan fingerprint density at radius 1 is 1.50 bits per heavy atom. The number of rotatable bonds is 3. The molecule has 1 unspecified atom stereocenters. The largest absolute Gasteiger partial charge is 0.394 e. The van der Waals surface area contributed by atoms with Gasteiger partial charge in [-0.1, -0.05) is 0 Å². The molecule has 84 valence electrons. The molecule has 0 bridgehead atoms. The molecule has 8 heteroatoms. The summed E-state index contributed by atoms with van der Waals surface area (Å²) in [5.74, 6) is 0. The highest BCUT2D eigenvalue weighted by Crippen LogP contribution is 2.34. The molecule has 1 aliphatic rings. The van der Waals surface area contributed by atoms with E-state index in [-0.39, 0.29) is 6.61 Å². The van der Waals surface area contributed by atoms with Crippen LogP contribution in [0.2, 0.25) is 0 Å². The van der Waals surface area contributed by atoms with Gasteiger partial charge in [-0.15, -0.1) is 0 Å². The molecule has 0 aromatic rings. The van der Waals surface area contributed by atoms with Crippen molar-refractivity contribution in [2.24, 2.45) is 0 Å². The van der Waals surface area contributed by atoms with Gasteiger partial charge in [0.25, 0.3) is 6.64 Å². The quantitative estimate of drug-likeness (QED) is 0.376. The molecule has 1 rings (SSSR count). The highest BCUT2D eigenvalue weighted by atomic mass is 32.5. The standard InChI is InChI=1S/C6H14NO5PS/c1-3-6(9)5(4(2-8)12-3)7-13(10,11)14/h3-6,8-9H,2H2,1H3,(H3,7,10,11,14)/t3-,4+,5-,6?/m0/s1. The number of ether oxygens (including phenoxy) is 1. The van der Waals surface area contributed by atoms with Crippen molar-refractivity contribution < 1.29 is 24.7 Å². The SMILES string of the molecule is C[C@@H]1O[C@H](CO)[C@H](NP(O)(O)=S)C1O. The molecule has 0 aliphatic carbocycles. The number of hydrogen-bond donors (Lipinski definition) is 5. The fourth-order valence-corrected chi connectivity index (χ4v) is 2.54. The first-order valence-corrected chi connectivity index (χ1v) is 6.83. The van der Waals surface area contributed by atoms with Crippen molar-refractivity contribution in [1.82, 2.24) is 5.09 Å². The summed E-state index contributed by atoms with van der Waals surface area (Å²) in [7, 11) is 0.